The van der Waals surface area contributed by atoms with Crippen LogP contribution in [0.5, 0.6) is 0 Å². The number of carbonyl (C=O) groups is 1. The molecule has 0 radical (unpaired) electrons. The minimum Gasteiger partial charge on any atom is -0.379 e. The van der Waals surface area contributed by atoms with Crippen LogP contribution in [-0.4, -0.2) is 65.5 Å². The first kappa shape index (κ1) is 22.5. The van der Waals surface area contributed by atoms with Crippen LogP contribution in [0, 0.1) is 6.92 Å². The van der Waals surface area contributed by atoms with E-state index in [0.717, 1.165) is 11.4 Å². The lowest BCUT2D eigenvalue weighted by atomic mass is 10.3. The highest BCUT2D eigenvalue weighted by atomic mass is 32.2. The van der Waals surface area contributed by atoms with Crippen molar-refractivity contribution in [2.24, 2.45) is 0 Å². The maximum atomic E-state index is 12.7. The number of aromatic nitrogens is 3. The predicted octanol–water partition coefficient (Wildman–Crippen LogP) is 2.33. The van der Waals surface area contributed by atoms with E-state index in [-0.39, 0.29) is 16.6 Å². The van der Waals surface area contributed by atoms with Crippen LogP contribution >= 0.6 is 11.8 Å². The van der Waals surface area contributed by atoms with Gasteiger partial charge in [0.1, 0.15) is 10.7 Å². The number of nitrogens with one attached hydrogen (secondary N) is 1. The molecule has 1 N–H and O–H groups in total. The van der Waals surface area contributed by atoms with E-state index in [1.807, 2.05) is 37.3 Å². The van der Waals surface area contributed by atoms with E-state index < -0.39 is 10.0 Å². The van der Waals surface area contributed by atoms with E-state index in [1.54, 1.807) is 16.8 Å². The van der Waals surface area contributed by atoms with Gasteiger partial charge in [0.05, 0.1) is 35.4 Å². The number of carbonyl (C=O) groups excluding carboxylic acids is 1. The number of amides is 1. The molecule has 11 heteroatoms. The molecular weight excluding hydrogens is 450 g/mol. The third-order valence-electron chi connectivity index (χ3n) is 4.77. The molecule has 3 heterocycles. The molecule has 3 aromatic rings. The molecule has 0 unspecified atom stereocenters. The number of pyridine rings is 1. The number of rotatable bonds is 7. The summed E-state index contributed by atoms with van der Waals surface area (Å²) in [7, 11) is -3.59. The third kappa shape index (κ3) is 5.18. The zero-order chi connectivity index (χ0) is 22.6. The lowest BCUT2D eigenvalue weighted by Gasteiger charge is -2.25. The number of anilines is 1. The van der Waals surface area contributed by atoms with Crippen LogP contribution in [0.15, 0.2) is 64.6 Å². The van der Waals surface area contributed by atoms with Gasteiger partial charge in [-0.1, -0.05) is 30.0 Å². The number of aryl methyl sites for hydroxylation is 1. The molecule has 9 nitrogen and oxygen atoms in total. The minimum atomic E-state index is -3.59. The summed E-state index contributed by atoms with van der Waals surface area (Å²) in [6.07, 6.45) is 1.33. The monoisotopic (exact) mass is 473 g/mol. The highest BCUT2D eigenvalue weighted by molar-refractivity contribution is 7.99. The second-order valence-corrected chi connectivity index (χ2v) is 10.0. The Morgan fingerprint density at radius 1 is 1.16 bits per heavy atom. The summed E-state index contributed by atoms with van der Waals surface area (Å²) in [5.74, 6) is 0.500. The van der Waals surface area contributed by atoms with Gasteiger partial charge < -0.3 is 10.1 Å². The largest absolute Gasteiger partial charge is 0.379 e. The first-order valence-corrected chi connectivity index (χ1v) is 12.4. The van der Waals surface area contributed by atoms with Gasteiger partial charge in [-0.3, -0.25) is 4.79 Å². The van der Waals surface area contributed by atoms with Gasteiger partial charge >= 0.3 is 0 Å². The molecule has 1 aliphatic rings. The summed E-state index contributed by atoms with van der Waals surface area (Å²) in [6.45, 7) is 3.30. The van der Waals surface area contributed by atoms with Crippen LogP contribution in [0.4, 0.5) is 5.82 Å². The van der Waals surface area contributed by atoms with Crippen molar-refractivity contribution in [2.45, 2.75) is 16.8 Å². The molecule has 1 aromatic carbocycles. The maximum Gasteiger partial charge on any atom is 0.244 e. The number of sulfonamides is 1. The first-order valence-electron chi connectivity index (χ1n) is 10.0. The lowest BCUT2D eigenvalue weighted by Crippen LogP contribution is -2.40. The molecule has 1 fully saturated rings. The van der Waals surface area contributed by atoms with Crippen LogP contribution < -0.4 is 5.32 Å². The van der Waals surface area contributed by atoms with Crippen molar-refractivity contribution < 1.29 is 17.9 Å². The van der Waals surface area contributed by atoms with E-state index >= 15 is 0 Å². The van der Waals surface area contributed by atoms with Crippen LogP contribution in [0.25, 0.3) is 5.69 Å². The van der Waals surface area contributed by atoms with E-state index in [4.69, 9.17) is 4.74 Å². The first-order chi connectivity index (χ1) is 15.4. The summed E-state index contributed by atoms with van der Waals surface area (Å²) < 4.78 is 33.6. The Kier molecular flexibility index (Phi) is 6.89. The van der Waals surface area contributed by atoms with Gasteiger partial charge in [0.25, 0.3) is 0 Å². The highest BCUT2D eigenvalue weighted by Gasteiger charge is 2.26. The molecule has 4 rings (SSSR count). The lowest BCUT2D eigenvalue weighted by molar-refractivity contribution is -0.113. The summed E-state index contributed by atoms with van der Waals surface area (Å²) in [6, 6.07) is 14.5. The molecule has 1 saturated heterocycles. The zero-order valence-corrected chi connectivity index (χ0v) is 19.1. The molecular formula is C21H23N5O4S2. The van der Waals surface area contributed by atoms with Gasteiger partial charge in [0.2, 0.25) is 15.9 Å². The van der Waals surface area contributed by atoms with Gasteiger partial charge in [-0.2, -0.15) is 9.40 Å². The number of hydrogen-bond donors (Lipinski definition) is 1. The number of morpholine rings is 1. The Balaban J connectivity index is 1.37. The number of hydrogen-bond acceptors (Lipinski definition) is 7. The molecule has 0 atom stereocenters. The second kappa shape index (κ2) is 9.82. The summed E-state index contributed by atoms with van der Waals surface area (Å²) in [5, 5.41) is 7.88. The van der Waals surface area contributed by atoms with Crippen molar-refractivity contribution in [2.75, 3.05) is 37.4 Å². The van der Waals surface area contributed by atoms with Gasteiger partial charge in [0, 0.05) is 25.4 Å². The molecule has 1 amide bonds. The number of thioether (sulfide) groups is 1. The third-order valence-corrected chi connectivity index (χ3v) is 7.59. The average molecular weight is 474 g/mol. The molecule has 0 saturated carbocycles. The average Bonchev–Trinajstić information content (AvgIpc) is 3.19. The normalized spacial score (nSPS) is 14.9. The molecule has 0 aliphatic carbocycles. The van der Waals surface area contributed by atoms with E-state index in [1.165, 1.54) is 28.3 Å². The minimum absolute atomic E-state index is 0.127. The van der Waals surface area contributed by atoms with Crippen molar-refractivity contribution in [3.05, 3.63) is 60.4 Å². The Bertz CT molecular complexity index is 1170. The van der Waals surface area contributed by atoms with Crippen LogP contribution in [0.3, 0.4) is 0 Å². The van der Waals surface area contributed by atoms with E-state index in [9.17, 15) is 13.2 Å². The van der Waals surface area contributed by atoms with Gasteiger partial charge in [-0.15, -0.1) is 0 Å². The SMILES string of the molecule is Cc1cc(NC(=O)CSc2ccc(S(=O)(=O)N3CCOCC3)cn2)n(-c2ccccc2)n1. The fraction of sp³-hybridized carbons (Fsp3) is 0.286. The molecule has 0 spiro atoms. The smallest absolute Gasteiger partial charge is 0.244 e. The predicted molar refractivity (Wildman–Crippen MR) is 121 cm³/mol. The molecule has 32 heavy (non-hydrogen) atoms. The van der Waals surface area contributed by atoms with E-state index in [2.05, 4.69) is 15.4 Å². The zero-order valence-electron chi connectivity index (χ0n) is 17.5. The molecule has 2 aromatic heterocycles. The standard InChI is InChI=1S/C21H23N5O4S2/c1-16-13-19(26(24-16)17-5-3-2-4-6-17)23-20(27)15-31-21-8-7-18(14-22-21)32(28,29)25-9-11-30-12-10-25/h2-8,13-14H,9-12,15H2,1H3,(H,23,27). The van der Waals surface area contributed by atoms with Crippen molar-refractivity contribution in [1.82, 2.24) is 19.1 Å². The quantitative estimate of drug-likeness (QED) is 0.525. The molecule has 168 valence electrons. The molecule has 1 aliphatic heterocycles. The number of benzene rings is 1. The summed E-state index contributed by atoms with van der Waals surface area (Å²) in [4.78, 5) is 16.8. The maximum absolute atomic E-state index is 12.7. The fourth-order valence-electron chi connectivity index (χ4n) is 3.21. The van der Waals surface area contributed by atoms with Gasteiger partial charge in [-0.05, 0) is 31.2 Å². The Morgan fingerprint density at radius 3 is 2.59 bits per heavy atom. The summed E-state index contributed by atoms with van der Waals surface area (Å²) >= 11 is 1.23. The Morgan fingerprint density at radius 2 is 1.91 bits per heavy atom. The van der Waals surface area contributed by atoms with Crippen molar-refractivity contribution in [1.29, 1.82) is 0 Å². The second-order valence-electron chi connectivity index (χ2n) is 7.10. The van der Waals surface area contributed by atoms with Crippen molar-refractivity contribution in [3.63, 3.8) is 0 Å². The fourth-order valence-corrected chi connectivity index (χ4v) is 5.21. The molecule has 0 bridgehead atoms. The number of para-hydroxylation sites is 1. The Hall–Kier alpha value is -2.73. The van der Waals surface area contributed by atoms with Crippen LogP contribution in [0.2, 0.25) is 0 Å². The topological polar surface area (TPSA) is 106 Å². The van der Waals surface area contributed by atoms with Crippen molar-refractivity contribution in [3.8, 4) is 5.69 Å². The van der Waals surface area contributed by atoms with Crippen LogP contribution in [0.1, 0.15) is 5.69 Å². The Labute approximate surface area is 190 Å². The number of ether oxygens (including phenoxy) is 1. The van der Waals surface area contributed by atoms with Gasteiger partial charge in [0.15, 0.2) is 0 Å². The van der Waals surface area contributed by atoms with Crippen LogP contribution in [-0.2, 0) is 19.6 Å². The van der Waals surface area contributed by atoms with E-state index in [0.29, 0.717) is 37.1 Å². The highest BCUT2D eigenvalue weighted by Crippen LogP contribution is 2.22. The van der Waals surface area contributed by atoms with Gasteiger partial charge in [-0.25, -0.2) is 18.1 Å². The number of nitrogens with zero attached hydrogens (tertiary/aromatic N) is 4. The van der Waals surface area contributed by atoms with Crippen molar-refractivity contribution >= 4 is 33.5 Å². The summed E-state index contributed by atoms with van der Waals surface area (Å²) in [5.41, 5.74) is 1.64.